The van der Waals surface area contributed by atoms with E-state index in [2.05, 4.69) is 10.6 Å². The van der Waals surface area contributed by atoms with Crippen molar-refractivity contribution in [1.82, 2.24) is 5.32 Å². The molecule has 0 saturated heterocycles. The van der Waals surface area contributed by atoms with E-state index in [1.165, 1.54) is 18.2 Å². The molecule has 0 aliphatic heterocycles. The number of carbonyl (C=O) groups excluding carboxylic acids is 1. The second-order valence-corrected chi connectivity index (χ2v) is 5.78. The molecule has 6 heteroatoms. The first-order valence-electron chi connectivity index (χ1n) is 5.77. The van der Waals surface area contributed by atoms with Gasteiger partial charge in [-0.2, -0.15) is 0 Å². The Morgan fingerprint density at radius 3 is 2.42 bits per heavy atom. The zero-order valence-electron chi connectivity index (χ0n) is 11.1. The van der Waals surface area contributed by atoms with Gasteiger partial charge in [0.25, 0.3) is 0 Å². The summed E-state index contributed by atoms with van der Waals surface area (Å²) in [5.74, 6) is -1.06. The molecule has 0 saturated carbocycles. The summed E-state index contributed by atoms with van der Waals surface area (Å²) in [7, 11) is 0. The molecule has 1 aromatic rings. The molecule has 0 aliphatic rings. The van der Waals surface area contributed by atoms with E-state index in [1.54, 1.807) is 0 Å². The fourth-order valence-electron chi connectivity index (χ4n) is 1.26. The van der Waals surface area contributed by atoms with E-state index in [9.17, 15) is 9.59 Å². The first-order valence-corrected chi connectivity index (χ1v) is 6.14. The third-order valence-corrected chi connectivity index (χ3v) is 2.56. The maximum Gasteiger partial charge on any atom is 0.335 e. The third kappa shape index (κ3) is 5.18. The van der Waals surface area contributed by atoms with E-state index < -0.39 is 5.97 Å². The van der Waals surface area contributed by atoms with Gasteiger partial charge < -0.3 is 15.7 Å². The first-order chi connectivity index (χ1) is 8.69. The average Bonchev–Trinajstić information content (AvgIpc) is 2.28. The highest BCUT2D eigenvalue weighted by Gasteiger charge is 2.13. The molecule has 2 amide bonds. The molecule has 0 unspecified atom stereocenters. The highest BCUT2D eigenvalue weighted by molar-refractivity contribution is 6.34. The molecule has 1 rings (SSSR count). The zero-order valence-corrected chi connectivity index (χ0v) is 11.8. The number of rotatable bonds is 3. The Morgan fingerprint density at radius 2 is 1.95 bits per heavy atom. The fourth-order valence-corrected chi connectivity index (χ4v) is 1.49. The Bertz CT molecular complexity index is 495. The molecule has 1 aromatic carbocycles. The van der Waals surface area contributed by atoms with Crippen LogP contribution in [-0.4, -0.2) is 23.7 Å². The van der Waals surface area contributed by atoms with Crippen LogP contribution in [0.1, 0.15) is 31.1 Å². The largest absolute Gasteiger partial charge is 0.478 e. The van der Waals surface area contributed by atoms with Crippen LogP contribution >= 0.6 is 11.6 Å². The van der Waals surface area contributed by atoms with Crippen molar-refractivity contribution < 1.29 is 14.7 Å². The second-order valence-electron chi connectivity index (χ2n) is 5.37. The Morgan fingerprint density at radius 1 is 1.32 bits per heavy atom. The number of carbonyl (C=O) groups is 2. The SMILES string of the molecule is CC(C)(C)CNC(=O)Nc1ccc(C(=O)O)cc1Cl. The number of benzene rings is 1. The quantitative estimate of drug-likeness (QED) is 0.797. The van der Waals surface area contributed by atoms with Gasteiger partial charge in [-0.25, -0.2) is 9.59 Å². The van der Waals surface area contributed by atoms with Gasteiger partial charge in [-0.1, -0.05) is 32.4 Å². The van der Waals surface area contributed by atoms with Gasteiger partial charge >= 0.3 is 12.0 Å². The monoisotopic (exact) mass is 284 g/mol. The summed E-state index contributed by atoms with van der Waals surface area (Å²) in [4.78, 5) is 22.4. The van der Waals surface area contributed by atoms with E-state index in [0.717, 1.165) is 0 Å². The van der Waals surface area contributed by atoms with Crippen LogP contribution in [0.4, 0.5) is 10.5 Å². The van der Waals surface area contributed by atoms with Gasteiger partial charge in [-0.15, -0.1) is 0 Å². The lowest BCUT2D eigenvalue weighted by atomic mass is 9.97. The van der Waals surface area contributed by atoms with Crippen LogP contribution in [0.15, 0.2) is 18.2 Å². The van der Waals surface area contributed by atoms with Gasteiger partial charge in [0.2, 0.25) is 0 Å². The smallest absolute Gasteiger partial charge is 0.335 e. The molecule has 0 spiro atoms. The van der Waals surface area contributed by atoms with Gasteiger partial charge in [0.1, 0.15) is 0 Å². The highest BCUT2D eigenvalue weighted by Crippen LogP contribution is 2.23. The lowest BCUT2D eigenvalue weighted by molar-refractivity contribution is 0.0697. The number of carboxylic acid groups (broad SMARTS) is 1. The molecule has 0 aromatic heterocycles. The summed E-state index contributed by atoms with van der Waals surface area (Å²) in [6.45, 7) is 6.52. The molecule has 104 valence electrons. The second kappa shape index (κ2) is 5.93. The Kier molecular flexibility index (Phi) is 4.78. The van der Waals surface area contributed by atoms with Crippen molar-refractivity contribution in [2.24, 2.45) is 5.41 Å². The highest BCUT2D eigenvalue weighted by atomic mass is 35.5. The van der Waals surface area contributed by atoms with Crippen LogP contribution in [0.2, 0.25) is 5.02 Å². The molecule has 0 bridgehead atoms. The van der Waals surface area contributed by atoms with Gasteiger partial charge in [0.05, 0.1) is 16.3 Å². The zero-order chi connectivity index (χ0) is 14.6. The first kappa shape index (κ1) is 15.3. The van der Waals surface area contributed by atoms with Crippen molar-refractivity contribution in [1.29, 1.82) is 0 Å². The molecule has 0 radical (unpaired) electrons. The minimum absolute atomic E-state index is 0.0195. The number of urea groups is 1. The van der Waals surface area contributed by atoms with Crippen molar-refractivity contribution in [2.75, 3.05) is 11.9 Å². The van der Waals surface area contributed by atoms with E-state index in [4.69, 9.17) is 16.7 Å². The number of anilines is 1. The Hall–Kier alpha value is -1.75. The minimum Gasteiger partial charge on any atom is -0.478 e. The molecular weight excluding hydrogens is 268 g/mol. The van der Waals surface area contributed by atoms with Crippen LogP contribution < -0.4 is 10.6 Å². The normalized spacial score (nSPS) is 10.9. The number of hydrogen-bond donors (Lipinski definition) is 3. The number of nitrogens with one attached hydrogen (secondary N) is 2. The van der Waals surface area contributed by atoms with Crippen LogP contribution in [0.25, 0.3) is 0 Å². The topological polar surface area (TPSA) is 78.4 Å². The van der Waals surface area contributed by atoms with Gasteiger partial charge in [0, 0.05) is 6.54 Å². The minimum atomic E-state index is -1.06. The lowest BCUT2D eigenvalue weighted by Crippen LogP contribution is -2.35. The summed E-state index contributed by atoms with van der Waals surface area (Å²) in [6.07, 6.45) is 0. The molecule has 5 nitrogen and oxygen atoms in total. The molecule has 0 aliphatic carbocycles. The van der Waals surface area contributed by atoms with E-state index in [0.29, 0.717) is 12.2 Å². The maximum absolute atomic E-state index is 11.6. The molecule has 0 heterocycles. The summed E-state index contributed by atoms with van der Waals surface area (Å²) in [5, 5.41) is 14.3. The van der Waals surface area contributed by atoms with Crippen molar-refractivity contribution in [3.05, 3.63) is 28.8 Å². The van der Waals surface area contributed by atoms with Crippen LogP contribution in [0.3, 0.4) is 0 Å². The molecule has 19 heavy (non-hydrogen) atoms. The van der Waals surface area contributed by atoms with Gasteiger partial charge in [-0.05, 0) is 23.6 Å². The van der Waals surface area contributed by atoms with Crippen LogP contribution in [-0.2, 0) is 0 Å². The van der Waals surface area contributed by atoms with Crippen molar-refractivity contribution in [3.63, 3.8) is 0 Å². The van der Waals surface area contributed by atoms with E-state index in [-0.39, 0.29) is 22.0 Å². The van der Waals surface area contributed by atoms with Gasteiger partial charge in [0.15, 0.2) is 0 Å². The molecule has 0 fully saturated rings. The molecule has 0 atom stereocenters. The summed E-state index contributed by atoms with van der Waals surface area (Å²) >= 11 is 5.90. The van der Waals surface area contributed by atoms with Gasteiger partial charge in [-0.3, -0.25) is 0 Å². The fraction of sp³-hybridized carbons (Fsp3) is 0.385. The summed E-state index contributed by atoms with van der Waals surface area (Å²) < 4.78 is 0. The lowest BCUT2D eigenvalue weighted by Gasteiger charge is -2.19. The number of amides is 2. The predicted octanol–water partition coefficient (Wildman–Crippen LogP) is 3.21. The predicted molar refractivity (Wildman–Crippen MR) is 74.9 cm³/mol. The maximum atomic E-state index is 11.6. The van der Waals surface area contributed by atoms with Crippen LogP contribution in [0, 0.1) is 5.41 Å². The molecular formula is C13H17ClN2O3. The Balaban J connectivity index is 2.67. The van der Waals surface area contributed by atoms with Crippen LogP contribution in [0.5, 0.6) is 0 Å². The third-order valence-electron chi connectivity index (χ3n) is 2.24. The summed E-state index contributed by atoms with van der Waals surface area (Å²) in [5.41, 5.74) is 0.428. The number of aromatic carboxylic acids is 1. The summed E-state index contributed by atoms with van der Waals surface area (Å²) in [6, 6.07) is 3.76. The van der Waals surface area contributed by atoms with Crippen molar-refractivity contribution in [3.8, 4) is 0 Å². The number of halogens is 1. The molecule has 3 N–H and O–H groups in total. The number of carboxylic acids is 1. The average molecular weight is 285 g/mol. The van der Waals surface area contributed by atoms with E-state index in [1.807, 2.05) is 20.8 Å². The van der Waals surface area contributed by atoms with E-state index >= 15 is 0 Å². The standard InChI is InChI=1S/C13H17ClN2O3/c1-13(2,3)7-15-12(19)16-10-5-4-8(11(17)18)6-9(10)14/h4-6H,7H2,1-3H3,(H,17,18)(H2,15,16,19). The number of hydrogen-bond acceptors (Lipinski definition) is 2. The van der Waals surface area contributed by atoms with Crippen molar-refractivity contribution in [2.45, 2.75) is 20.8 Å². The van der Waals surface area contributed by atoms with Crippen molar-refractivity contribution >= 4 is 29.3 Å². The Labute approximate surface area is 117 Å².